The Labute approximate surface area is 90.3 Å². The molecule has 0 aromatic carbocycles. The van der Waals surface area contributed by atoms with Gasteiger partial charge in [0.05, 0.1) is 13.2 Å². The molecular weight excluding hydrogens is 192 g/mol. The minimum atomic E-state index is -0.238. The van der Waals surface area contributed by atoms with Crippen molar-refractivity contribution >= 4 is 5.82 Å². The first-order valence-corrected chi connectivity index (χ1v) is 5.15. The number of anilines is 1. The summed E-state index contributed by atoms with van der Waals surface area (Å²) in [6.45, 7) is 2.58. The van der Waals surface area contributed by atoms with Crippen molar-refractivity contribution in [2.75, 3.05) is 19.0 Å². The van der Waals surface area contributed by atoms with Crippen LogP contribution in [0, 0.1) is 0 Å². The van der Waals surface area contributed by atoms with Gasteiger partial charge < -0.3 is 15.2 Å². The predicted octanol–water partition coefficient (Wildman–Crippen LogP) is 1.66. The number of pyridine rings is 1. The largest absolute Gasteiger partial charge is 0.493 e. The number of methoxy groups -OCH3 is 1. The molecule has 0 saturated heterocycles. The van der Waals surface area contributed by atoms with Crippen LogP contribution in [0.5, 0.6) is 5.75 Å². The van der Waals surface area contributed by atoms with Crippen molar-refractivity contribution in [3.63, 3.8) is 0 Å². The summed E-state index contributed by atoms with van der Waals surface area (Å²) in [6, 6.07) is 3.70. The van der Waals surface area contributed by atoms with Gasteiger partial charge in [-0.15, -0.1) is 0 Å². The highest BCUT2D eigenvalue weighted by molar-refractivity contribution is 5.49. The topological polar surface area (TPSA) is 54.4 Å². The standard InChI is InChI=1S/C11H18N2O2/c1-9(14)5-3-7-12-11-10(15-2)6-4-8-13-11/h4,6,8-9,14H,3,5,7H2,1-2H3,(H,12,13). The number of hydrogen-bond donors (Lipinski definition) is 2. The molecule has 0 radical (unpaired) electrons. The van der Waals surface area contributed by atoms with Crippen molar-refractivity contribution in [3.05, 3.63) is 18.3 Å². The molecule has 1 unspecified atom stereocenters. The van der Waals surface area contributed by atoms with Gasteiger partial charge in [-0.25, -0.2) is 4.98 Å². The summed E-state index contributed by atoms with van der Waals surface area (Å²) in [5.41, 5.74) is 0. The molecule has 0 fully saturated rings. The first kappa shape index (κ1) is 11.8. The zero-order valence-electron chi connectivity index (χ0n) is 9.23. The van der Waals surface area contributed by atoms with E-state index in [9.17, 15) is 0 Å². The summed E-state index contributed by atoms with van der Waals surface area (Å²) in [5, 5.41) is 12.3. The van der Waals surface area contributed by atoms with Crippen molar-refractivity contribution in [3.8, 4) is 5.75 Å². The molecule has 4 heteroatoms. The molecule has 1 aromatic heterocycles. The van der Waals surface area contributed by atoms with E-state index in [1.54, 1.807) is 20.2 Å². The second-order valence-corrected chi connectivity index (χ2v) is 3.47. The maximum atomic E-state index is 9.08. The lowest BCUT2D eigenvalue weighted by Gasteiger charge is -2.09. The van der Waals surface area contributed by atoms with E-state index in [4.69, 9.17) is 9.84 Å². The summed E-state index contributed by atoms with van der Waals surface area (Å²) in [6.07, 6.45) is 3.19. The summed E-state index contributed by atoms with van der Waals surface area (Å²) < 4.78 is 5.15. The summed E-state index contributed by atoms with van der Waals surface area (Å²) >= 11 is 0. The van der Waals surface area contributed by atoms with Gasteiger partial charge in [0.1, 0.15) is 0 Å². The van der Waals surface area contributed by atoms with Crippen LogP contribution in [-0.4, -0.2) is 29.8 Å². The van der Waals surface area contributed by atoms with E-state index in [0.717, 1.165) is 31.0 Å². The molecule has 1 aromatic rings. The van der Waals surface area contributed by atoms with E-state index in [1.165, 1.54) is 0 Å². The predicted molar refractivity (Wildman–Crippen MR) is 60.2 cm³/mol. The molecule has 0 bridgehead atoms. The minimum Gasteiger partial charge on any atom is -0.493 e. The lowest BCUT2D eigenvalue weighted by atomic mass is 10.2. The molecule has 0 amide bonds. The molecule has 0 spiro atoms. The highest BCUT2D eigenvalue weighted by Crippen LogP contribution is 2.19. The van der Waals surface area contributed by atoms with E-state index in [1.807, 2.05) is 12.1 Å². The van der Waals surface area contributed by atoms with Gasteiger partial charge in [0.2, 0.25) is 0 Å². The van der Waals surface area contributed by atoms with Crippen LogP contribution in [0.4, 0.5) is 5.82 Å². The highest BCUT2D eigenvalue weighted by Gasteiger charge is 2.02. The summed E-state index contributed by atoms with van der Waals surface area (Å²) in [5.74, 6) is 1.50. The molecule has 1 rings (SSSR count). The van der Waals surface area contributed by atoms with Gasteiger partial charge in [0.25, 0.3) is 0 Å². The number of nitrogens with zero attached hydrogens (tertiary/aromatic N) is 1. The Balaban J connectivity index is 2.36. The summed E-state index contributed by atoms with van der Waals surface area (Å²) in [7, 11) is 1.62. The average molecular weight is 210 g/mol. The van der Waals surface area contributed by atoms with Gasteiger partial charge >= 0.3 is 0 Å². The fourth-order valence-electron chi connectivity index (χ4n) is 1.29. The fourth-order valence-corrected chi connectivity index (χ4v) is 1.29. The molecule has 0 aliphatic carbocycles. The molecule has 0 aliphatic heterocycles. The minimum absolute atomic E-state index is 0.238. The van der Waals surface area contributed by atoms with Crippen LogP contribution < -0.4 is 10.1 Å². The number of nitrogens with one attached hydrogen (secondary N) is 1. The number of aliphatic hydroxyl groups is 1. The van der Waals surface area contributed by atoms with Crippen LogP contribution in [0.1, 0.15) is 19.8 Å². The van der Waals surface area contributed by atoms with E-state index in [2.05, 4.69) is 10.3 Å². The van der Waals surface area contributed by atoms with Crippen LogP contribution in [0.3, 0.4) is 0 Å². The van der Waals surface area contributed by atoms with Gasteiger partial charge in [-0.1, -0.05) is 0 Å². The Kier molecular flexibility index (Phi) is 4.90. The van der Waals surface area contributed by atoms with E-state index in [0.29, 0.717) is 0 Å². The van der Waals surface area contributed by atoms with E-state index in [-0.39, 0.29) is 6.10 Å². The third-order valence-electron chi connectivity index (χ3n) is 2.08. The molecule has 0 aliphatic rings. The summed E-state index contributed by atoms with van der Waals surface area (Å²) in [4.78, 5) is 4.17. The van der Waals surface area contributed by atoms with Crippen LogP contribution in [0.25, 0.3) is 0 Å². The molecule has 84 valence electrons. The molecule has 2 N–H and O–H groups in total. The molecular formula is C11H18N2O2. The van der Waals surface area contributed by atoms with Gasteiger partial charge in [-0.05, 0) is 31.9 Å². The van der Waals surface area contributed by atoms with Gasteiger partial charge in [0, 0.05) is 12.7 Å². The lowest BCUT2D eigenvalue weighted by molar-refractivity contribution is 0.183. The molecule has 4 nitrogen and oxygen atoms in total. The zero-order valence-corrected chi connectivity index (χ0v) is 9.23. The lowest BCUT2D eigenvalue weighted by Crippen LogP contribution is -2.08. The van der Waals surface area contributed by atoms with Gasteiger partial charge in [-0.3, -0.25) is 0 Å². The van der Waals surface area contributed by atoms with Crippen molar-refractivity contribution in [2.45, 2.75) is 25.9 Å². The van der Waals surface area contributed by atoms with Gasteiger partial charge in [0.15, 0.2) is 11.6 Å². The van der Waals surface area contributed by atoms with Crippen LogP contribution in [0.15, 0.2) is 18.3 Å². The Morgan fingerprint density at radius 2 is 2.40 bits per heavy atom. The Morgan fingerprint density at radius 3 is 3.07 bits per heavy atom. The number of aliphatic hydroxyl groups excluding tert-OH is 1. The number of hydrogen-bond acceptors (Lipinski definition) is 4. The van der Waals surface area contributed by atoms with Crippen LogP contribution >= 0.6 is 0 Å². The average Bonchev–Trinajstić information content (AvgIpc) is 2.24. The van der Waals surface area contributed by atoms with Crippen molar-refractivity contribution in [2.24, 2.45) is 0 Å². The number of rotatable bonds is 6. The molecule has 15 heavy (non-hydrogen) atoms. The third kappa shape index (κ3) is 4.16. The van der Waals surface area contributed by atoms with Crippen molar-refractivity contribution < 1.29 is 9.84 Å². The zero-order chi connectivity index (χ0) is 11.1. The Bertz CT molecular complexity index is 290. The SMILES string of the molecule is COc1cccnc1NCCCC(C)O. The second-order valence-electron chi connectivity index (χ2n) is 3.47. The van der Waals surface area contributed by atoms with Crippen LogP contribution in [-0.2, 0) is 0 Å². The number of ether oxygens (including phenoxy) is 1. The van der Waals surface area contributed by atoms with Crippen molar-refractivity contribution in [1.82, 2.24) is 4.98 Å². The van der Waals surface area contributed by atoms with E-state index < -0.39 is 0 Å². The monoisotopic (exact) mass is 210 g/mol. The normalized spacial score (nSPS) is 12.2. The molecule has 1 heterocycles. The first-order chi connectivity index (χ1) is 7.24. The number of aromatic nitrogens is 1. The molecule has 0 saturated carbocycles. The van der Waals surface area contributed by atoms with E-state index >= 15 is 0 Å². The Hall–Kier alpha value is -1.29. The maximum Gasteiger partial charge on any atom is 0.168 e. The van der Waals surface area contributed by atoms with Gasteiger partial charge in [-0.2, -0.15) is 0 Å². The van der Waals surface area contributed by atoms with Crippen LogP contribution in [0.2, 0.25) is 0 Å². The fraction of sp³-hybridized carbons (Fsp3) is 0.545. The highest BCUT2D eigenvalue weighted by atomic mass is 16.5. The first-order valence-electron chi connectivity index (χ1n) is 5.15. The Morgan fingerprint density at radius 1 is 1.60 bits per heavy atom. The second kappa shape index (κ2) is 6.24. The third-order valence-corrected chi connectivity index (χ3v) is 2.08. The maximum absolute atomic E-state index is 9.08. The molecule has 1 atom stereocenters. The van der Waals surface area contributed by atoms with Crippen molar-refractivity contribution in [1.29, 1.82) is 0 Å². The smallest absolute Gasteiger partial charge is 0.168 e. The quantitative estimate of drug-likeness (QED) is 0.701.